The zero-order chi connectivity index (χ0) is 17.0. The number of nitro groups is 1. The SMILES string of the molecule is CCCCSc1n[nH]c(-c2ccc([N+](=O)[O-])c(C(F)(F)F)c2)n1. The molecule has 0 amide bonds. The van der Waals surface area contributed by atoms with Gasteiger partial charge in [0.2, 0.25) is 5.16 Å². The Bertz CT molecular complexity index is 703. The Kier molecular flexibility index (Phi) is 5.24. The molecule has 0 spiro atoms. The second kappa shape index (κ2) is 6.99. The molecule has 0 unspecified atom stereocenters. The molecule has 1 heterocycles. The zero-order valence-corrected chi connectivity index (χ0v) is 12.9. The highest BCUT2D eigenvalue weighted by Crippen LogP contribution is 2.38. The molecule has 0 aliphatic carbocycles. The second-order valence-corrected chi connectivity index (χ2v) is 5.72. The topological polar surface area (TPSA) is 84.7 Å². The van der Waals surface area contributed by atoms with E-state index in [0.717, 1.165) is 24.7 Å². The van der Waals surface area contributed by atoms with E-state index in [9.17, 15) is 23.3 Å². The molecule has 0 aliphatic heterocycles. The van der Waals surface area contributed by atoms with Gasteiger partial charge < -0.3 is 0 Å². The fourth-order valence-corrected chi connectivity index (χ4v) is 2.70. The van der Waals surface area contributed by atoms with E-state index in [1.807, 2.05) is 6.92 Å². The summed E-state index contributed by atoms with van der Waals surface area (Å²) >= 11 is 1.39. The molecule has 6 nitrogen and oxygen atoms in total. The van der Waals surface area contributed by atoms with Gasteiger partial charge in [0.25, 0.3) is 5.69 Å². The second-order valence-electron chi connectivity index (χ2n) is 4.66. The highest BCUT2D eigenvalue weighted by atomic mass is 32.2. The highest BCUT2D eigenvalue weighted by Gasteiger charge is 2.38. The van der Waals surface area contributed by atoms with Gasteiger partial charge in [-0.05, 0) is 18.6 Å². The van der Waals surface area contributed by atoms with Gasteiger partial charge in [0.05, 0.1) is 4.92 Å². The molecular weight excluding hydrogens is 333 g/mol. The van der Waals surface area contributed by atoms with Crippen LogP contribution in [0.5, 0.6) is 0 Å². The van der Waals surface area contributed by atoms with Gasteiger partial charge in [-0.2, -0.15) is 13.2 Å². The number of nitrogens with one attached hydrogen (secondary N) is 1. The first kappa shape index (κ1) is 17.3. The Morgan fingerprint density at radius 1 is 1.39 bits per heavy atom. The number of rotatable bonds is 6. The molecule has 0 fully saturated rings. The number of aromatic amines is 1. The molecule has 2 rings (SSSR count). The van der Waals surface area contributed by atoms with Crippen LogP contribution >= 0.6 is 11.8 Å². The smallest absolute Gasteiger partial charge is 0.258 e. The molecular formula is C13H13F3N4O2S. The fraction of sp³-hybridized carbons (Fsp3) is 0.385. The van der Waals surface area contributed by atoms with Gasteiger partial charge in [0.15, 0.2) is 5.82 Å². The lowest BCUT2D eigenvalue weighted by molar-refractivity contribution is -0.388. The van der Waals surface area contributed by atoms with E-state index >= 15 is 0 Å². The van der Waals surface area contributed by atoms with Gasteiger partial charge in [0.1, 0.15) is 5.56 Å². The molecule has 0 aliphatic rings. The van der Waals surface area contributed by atoms with Crippen molar-refractivity contribution in [2.45, 2.75) is 31.1 Å². The standard InChI is InChI=1S/C13H13F3N4O2S/c1-2-3-6-23-12-17-11(18-19-12)8-4-5-10(20(21)22)9(7-8)13(14,15)16/h4-5,7H,2-3,6H2,1H3,(H,17,18,19). The van der Waals surface area contributed by atoms with Crippen molar-refractivity contribution in [1.82, 2.24) is 15.2 Å². The maximum atomic E-state index is 13.0. The zero-order valence-electron chi connectivity index (χ0n) is 12.1. The first-order valence-electron chi connectivity index (χ1n) is 6.74. The van der Waals surface area contributed by atoms with Crippen molar-refractivity contribution in [3.8, 4) is 11.4 Å². The monoisotopic (exact) mass is 346 g/mol. The summed E-state index contributed by atoms with van der Waals surface area (Å²) < 4.78 is 38.9. The summed E-state index contributed by atoms with van der Waals surface area (Å²) in [5.41, 5.74) is -2.20. The third kappa shape index (κ3) is 4.21. The molecule has 1 aromatic heterocycles. The van der Waals surface area contributed by atoms with Crippen LogP contribution in [0.3, 0.4) is 0 Å². The average Bonchev–Trinajstić information content (AvgIpc) is 2.95. The van der Waals surface area contributed by atoms with Crippen LogP contribution in [0.1, 0.15) is 25.3 Å². The van der Waals surface area contributed by atoms with Crippen LogP contribution in [0.4, 0.5) is 18.9 Å². The minimum atomic E-state index is -4.82. The first-order valence-corrected chi connectivity index (χ1v) is 7.72. The predicted molar refractivity (Wildman–Crippen MR) is 79.1 cm³/mol. The van der Waals surface area contributed by atoms with Gasteiger partial charge in [0, 0.05) is 17.4 Å². The van der Waals surface area contributed by atoms with Crippen LogP contribution in [0.15, 0.2) is 23.4 Å². The summed E-state index contributed by atoms with van der Waals surface area (Å²) in [4.78, 5) is 13.8. The maximum Gasteiger partial charge on any atom is 0.423 e. The van der Waals surface area contributed by atoms with Crippen molar-refractivity contribution in [2.24, 2.45) is 0 Å². The van der Waals surface area contributed by atoms with Crippen molar-refractivity contribution >= 4 is 17.4 Å². The number of nitrogens with zero attached hydrogens (tertiary/aromatic N) is 3. The number of nitro benzene ring substituents is 1. The summed E-state index contributed by atoms with van der Waals surface area (Å²) in [5, 5.41) is 17.6. The fourth-order valence-electron chi connectivity index (χ4n) is 1.82. The van der Waals surface area contributed by atoms with E-state index in [0.29, 0.717) is 11.2 Å². The van der Waals surface area contributed by atoms with E-state index in [1.54, 1.807) is 0 Å². The Labute approximate surface area is 133 Å². The minimum absolute atomic E-state index is 0.0952. The Morgan fingerprint density at radius 2 is 2.13 bits per heavy atom. The number of aromatic nitrogens is 3. The molecule has 0 atom stereocenters. The van der Waals surface area contributed by atoms with E-state index in [1.165, 1.54) is 17.8 Å². The van der Waals surface area contributed by atoms with Crippen LogP contribution in [0.25, 0.3) is 11.4 Å². The molecule has 1 N–H and O–H groups in total. The lowest BCUT2D eigenvalue weighted by Gasteiger charge is -2.08. The summed E-state index contributed by atoms with van der Waals surface area (Å²) in [5.74, 6) is 0.950. The molecule has 23 heavy (non-hydrogen) atoms. The molecule has 2 aromatic rings. The number of alkyl halides is 3. The van der Waals surface area contributed by atoms with Gasteiger partial charge >= 0.3 is 6.18 Å². The number of halogens is 3. The summed E-state index contributed by atoms with van der Waals surface area (Å²) in [6.45, 7) is 2.04. The number of hydrogen-bond acceptors (Lipinski definition) is 5. The summed E-state index contributed by atoms with van der Waals surface area (Å²) in [6.07, 6.45) is -2.83. The third-order valence-electron chi connectivity index (χ3n) is 2.97. The highest BCUT2D eigenvalue weighted by molar-refractivity contribution is 7.99. The van der Waals surface area contributed by atoms with E-state index in [4.69, 9.17) is 0 Å². The average molecular weight is 346 g/mol. The van der Waals surface area contributed by atoms with Crippen LogP contribution in [0, 0.1) is 10.1 Å². The molecule has 0 bridgehead atoms. The molecule has 0 saturated heterocycles. The molecule has 0 saturated carbocycles. The largest absolute Gasteiger partial charge is 0.423 e. The van der Waals surface area contributed by atoms with Gasteiger partial charge in [-0.25, -0.2) is 4.98 Å². The van der Waals surface area contributed by atoms with Crippen molar-refractivity contribution in [3.05, 3.63) is 33.9 Å². The van der Waals surface area contributed by atoms with Gasteiger partial charge in [-0.3, -0.25) is 15.2 Å². The minimum Gasteiger partial charge on any atom is -0.258 e. The number of thioether (sulfide) groups is 1. The van der Waals surface area contributed by atoms with Crippen molar-refractivity contribution in [2.75, 3.05) is 5.75 Å². The van der Waals surface area contributed by atoms with Crippen LogP contribution in [-0.4, -0.2) is 25.9 Å². The Balaban J connectivity index is 2.32. The van der Waals surface area contributed by atoms with Gasteiger partial charge in [-0.15, -0.1) is 5.10 Å². The molecule has 10 heteroatoms. The van der Waals surface area contributed by atoms with Crippen molar-refractivity contribution in [1.29, 1.82) is 0 Å². The number of unbranched alkanes of at least 4 members (excludes halogenated alkanes) is 1. The lowest BCUT2D eigenvalue weighted by Crippen LogP contribution is -2.09. The quantitative estimate of drug-likeness (QED) is 0.365. The molecule has 124 valence electrons. The molecule has 1 aromatic carbocycles. The van der Waals surface area contributed by atoms with E-state index in [2.05, 4.69) is 15.2 Å². The van der Waals surface area contributed by atoms with Crippen molar-refractivity contribution < 1.29 is 18.1 Å². The first-order chi connectivity index (χ1) is 10.8. The summed E-state index contributed by atoms with van der Waals surface area (Å²) in [6, 6.07) is 2.75. The van der Waals surface area contributed by atoms with Crippen LogP contribution in [0.2, 0.25) is 0 Å². The lowest BCUT2D eigenvalue weighted by atomic mass is 10.1. The number of benzene rings is 1. The Hall–Kier alpha value is -2.10. The van der Waals surface area contributed by atoms with E-state index in [-0.39, 0.29) is 11.4 Å². The van der Waals surface area contributed by atoms with Gasteiger partial charge in [-0.1, -0.05) is 25.1 Å². The predicted octanol–water partition coefficient (Wildman–Crippen LogP) is 4.29. The van der Waals surface area contributed by atoms with Crippen molar-refractivity contribution in [3.63, 3.8) is 0 Å². The van der Waals surface area contributed by atoms with Crippen LogP contribution < -0.4 is 0 Å². The summed E-state index contributed by atoms with van der Waals surface area (Å²) in [7, 11) is 0. The van der Waals surface area contributed by atoms with E-state index < -0.39 is 22.4 Å². The number of hydrogen-bond donors (Lipinski definition) is 1. The molecule has 0 radical (unpaired) electrons. The normalized spacial score (nSPS) is 11.7. The van der Waals surface area contributed by atoms with Crippen LogP contribution in [-0.2, 0) is 6.18 Å². The number of H-pyrrole nitrogens is 1. The Morgan fingerprint density at radius 3 is 2.74 bits per heavy atom. The third-order valence-corrected chi connectivity index (χ3v) is 3.90. The maximum absolute atomic E-state index is 13.0.